The van der Waals surface area contributed by atoms with E-state index < -0.39 is 0 Å². The van der Waals surface area contributed by atoms with Crippen molar-refractivity contribution in [1.82, 2.24) is 19.6 Å². The van der Waals surface area contributed by atoms with E-state index in [1.165, 1.54) is 10.6 Å². The summed E-state index contributed by atoms with van der Waals surface area (Å²) in [6.45, 7) is 0. The number of nitrogens with one attached hydrogen (secondary N) is 1. The molecule has 0 fully saturated rings. The molecule has 3 aromatic rings. The molecule has 0 radical (unpaired) electrons. The van der Waals surface area contributed by atoms with E-state index >= 15 is 0 Å². The van der Waals surface area contributed by atoms with Gasteiger partial charge in [0.1, 0.15) is 5.75 Å². The monoisotopic (exact) mass is 242 g/mol. The third kappa shape index (κ3) is 1.64. The van der Waals surface area contributed by atoms with E-state index in [-0.39, 0.29) is 5.56 Å². The van der Waals surface area contributed by atoms with Crippen molar-refractivity contribution in [2.75, 3.05) is 7.11 Å². The largest absolute Gasteiger partial charge is 0.497 e. The highest BCUT2D eigenvalue weighted by molar-refractivity contribution is 5.57. The molecule has 0 aliphatic heterocycles. The van der Waals surface area contributed by atoms with Gasteiger partial charge >= 0.3 is 0 Å². The number of methoxy groups -OCH3 is 1. The minimum Gasteiger partial charge on any atom is -0.497 e. The molecule has 6 nitrogen and oxygen atoms in total. The van der Waals surface area contributed by atoms with Crippen LogP contribution >= 0.6 is 0 Å². The van der Waals surface area contributed by atoms with Gasteiger partial charge in [0.05, 0.1) is 7.11 Å². The predicted molar refractivity (Wildman–Crippen MR) is 65.6 cm³/mol. The Balaban J connectivity index is 2.13. The molecule has 0 atom stereocenters. The van der Waals surface area contributed by atoms with Crippen LogP contribution in [0.25, 0.3) is 17.2 Å². The minimum atomic E-state index is -0.212. The molecule has 0 amide bonds. The van der Waals surface area contributed by atoms with Crippen molar-refractivity contribution in [2.45, 2.75) is 0 Å². The Bertz CT molecular complexity index is 743. The molecule has 18 heavy (non-hydrogen) atoms. The minimum absolute atomic E-state index is 0.212. The molecule has 6 heteroatoms. The number of rotatable bonds is 2. The fourth-order valence-electron chi connectivity index (χ4n) is 1.68. The first-order valence-corrected chi connectivity index (χ1v) is 5.37. The first-order valence-electron chi connectivity index (χ1n) is 5.37. The van der Waals surface area contributed by atoms with Crippen LogP contribution in [0.3, 0.4) is 0 Å². The van der Waals surface area contributed by atoms with E-state index in [2.05, 4.69) is 15.1 Å². The lowest BCUT2D eigenvalue weighted by molar-refractivity contribution is 0.415. The average molecular weight is 242 g/mol. The Morgan fingerprint density at radius 2 is 2.00 bits per heavy atom. The van der Waals surface area contributed by atoms with Gasteiger partial charge in [-0.3, -0.25) is 4.79 Å². The second-order valence-corrected chi connectivity index (χ2v) is 3.72. The van der Waals surface area contributed by atoms with Crippen molar-refractivity contribution in [3.05, 3.63) is 46.9 Å². The highest BCUT2D eigenvalue weighted by Gasteiger charge is 2.07. The molecule has 1 N–H and O–H groups in total. The molecular weight excluding hydrogens is 232 g/mol. The zero-order valence-corrected chi connectivity index (χ0v) is 9.62. The molecule has 0 spiro atoms. The summed E-state index contributed by atoms with van der Waals surface area (Å²) in [5.74, 6) is 1.68. The highest BCUT2D eigenvalue weighted by Crippen LogP contribution is 2.19. The van der Waals surface area contributed by atoms with Crippen molar-refractivity contribution in [3.63, 3.8) is 0 Å². The molecule has 2 heterocycles. The summed E-state index contributed by atoms with van der Waals surface area (Å²) in [5.41, 5.74) is 0.614. The van der Waals surface area contributed by atoms with Crippen molar-refractivity contribution in [2.24, 2.45) is 0 Å². The van der Waals surface area contributed by atoms with Gasteiger partial charge in [-0.1, -0.05) is 0 Å². The zero-order chi connectivity index (χ0) is 12.5. The van der Waals surface area contributed by atoms with Gasteiger partial charge in [0.25, 0.3) is 5.56 Å². The molecular formula is C12H10N4O2. The number of aromatic nitrogens is 4. The lowest BCUT2D eigenvalue weighted by Gasteiger charge is -1.99. The van der Waals surface area contributed by atoms with Crippen LogP contribution in [0.15, 0.2) is 41.3 Å². The fourth-order valence-corrected chi connectivity index (χ4v) is 1.68. The molecule has 0 unspecified atom stereocenters. The van der Waals surface area contributed by atoms with Gasteiger partial charge in [0.2, 0.25) is 5.78 Å². The van der Waals surface area contributed by atoms with Crippen LogP contribution in [0.5, 0.6) is 5.75 Å². The summed E-state index contributed by atoms with van der Waals surface area (Å²) in [6.07, 6.45) is 1.55. The Labute approximate surface area is 102 Å². The van der Waals surface area contributed by atoms with Crippen molar-refractivity contribution >= 4 is 5.78 Å². The van der Waals surface area contributed by atoms with E-state index in [4.69, 9.17) is 4.74 Å². The van der Waals surface area contributed by atoms with Gasteiger partial charge in [0.15, 0.2) is 5.82 Å². The lowest BCUT2D eigenvalue weighted by Crippen LogP contribution is -2.12. The highest BCUT2D eigenvalue weighted by atomic mass is 16.5. The van der Waals surface area contributed by atoms with E-state index in [0.29, 0.717) is 11.6 Å². The number of fused-ring (bicyclic) bond motifs is 1. The molecule has 3 rings (SSSR count). The molecule has 0 aliphatic carbocycles. The number of benzene rings is 1. The van der Waals surface area contributed by atoms with E-state index in [0.717, 1.165) is 11.3 Å². The first kappa shape index (κ1) is 10.5. The summed E-state index contributed by atoms with van der Waals surface area (Å²) in [4.78, 5) is 18.7. The number of ether oxygens (including phenoxy) is 1. The third-order valence-corrected chi connectivity index (χ3v) is 2.60. The maximum atomic E-state index is 11.5. The molecule has 0 aliphatic rings. The zero-order valence-electron chi connectivity index (χ0n) is 9.62. The van der Waals surface area contributed by atoms with Crippen LogP contribution < -0.4 is 10.3 Å². The summed E-state index contributed by atoms with van der Waals surface area (Å²) >= 11 is 0. The van der Waals surface area contributed by atoms with Gasteiger partial charge in [0, 0.05) is 17.8 Å². The van der Waals surface area contributed by atoms with E-state index in [1.54, 1.807) is 13.3 Å². The number of hydrogen-bond acceptors (Lipinski definition) is 4. The molecule has 90 valence electrons. The maximum absolute atomic E-state index is 11.5. The Hall–Kier alpha value is -2.63. The quantitative estimate of drug-likeness (QED) is 0.730. The normalized spacial score (nSPS) is 10.7. The summed E-state index contributed by atoms with van der Waals surface area (Å²) < 4.78 is 6.32. The number of H-pyrrole nitrogens is 1. The van der Waals surface area contributed by atoms with Crippen molar-refractivity contribution in [1.29, 1.82) is 0 Å². The Morgan fingerprint density at radius 1 is 1.22 bits per heavy atom. The maximum Gasteiger partial charge on any atom is 0.275 e. The summed E-state index contributed by atoms with van der Waals surface area (Å²) in [5, 5.41) is 4.16. The van der Waals surface area contributed by atoms with Crippen molar-refractivity contribution < 1.29 is 4.74 Å². The van der Waals surface area contributed by atoms with Gasteiger partial charge < -0.3 is 9.72 Å². The summed E-state index contributed by atoms with van der Waals surface area (Å²) in [6, 6.07) is 8.74. The van der Waals surface area contributed by atoms with Crippen LogP contribution in [-0.4, -0.2) is 26.7 Å². The van der Waals surface area contributed by atoms with Crippen LogP contribution in [-0.2, 0) is 0 Å². The smallest absolute Gasteiger partial charge is 0.275 e. The molecule has 0 bridgehead atoms. The van der Waals surface area contributed by atoms with Crippen LogP contribution in [0, 0.1) is 0 Å². The topological polar surface area (TPSA) is 72.3 Å². The third-order valence-electron chi connectivity index (χ3n) is 2.60. The molecule has 0 saturated heterocycles. The SMILES string of the molecule is COc1ccc(-c2nc3[nH]ccc(=O)n3n2)cc1. The summed E-state index contributed by atoms with van der Waals surface area (Å²) in [7, 11) is 1.61. The van der Waals surface area contributed by atoms with Gasteiger partial charge in [-0.25, -0.2) is 0 Å². The van der Waals surface area contributed by atoms with Gasteiger partial charge in [-0.2, -0.15) is 9.50 Å². The molecule has 1 aromatic carbocycles. The molecule has 0 saturated carbocycles. The number of aromatic amines is 1. The van der Waals surface area contributed by atoms with Crippen LogP contribution in [0.2, 0.25) is 0 Å². The van der Waals surface area contributed by atoms with Crippen LogP contribution in [0.4, 0.5) is 0 Å². The van der Waals surface area contributed by atoms with Gasteiger partial charge in [-0.15, -0.1) is 5.10 Å². The Morgan fingerprint density at radius 3 is 2.67 bits per heavy atom. The second-order valence-electron chi connectivity index (χ2n) is 3.72. The van der Waals surface area contributed by atoms with Crippen LogP contribution in [0.1, 0.15) is 0 Å². The average Bonchev–Trinajstić information content (AvgIpc) is 2.84. The molecule has 2 aromatic heterocycles. The standard InChI is InChI=1S/C12H10N4O2/c1-18-9-4-2-8(3-5-9)11-14-12-13-7-6-10(17)16(12)15-11/h2-7H,1H3,(H,13,14,15). The van der Waals surface area contributed by atoms with Crippen molar-refractivity contribution in [3.8, 4) is 17.1 Å². The Kier molecular flexibility index (Phi) is 2.33. The predicted octanol–water partition coefficient (Wildman–Crippen LogP) is 1.09. The second kappa shape index (κ2) is 3.99. The van der Waals surface area contributed by atoms with Gasteiger partial charge in [-0.05, 0) is 24.3 Å². The number of nitrogens with zero attached hydrogens (tertiary/aromatic N) is 3. The first-order chi connectivity index (χ1) is 8.78. The lowest BCUT2D eigenvalue weighted by atomic mass is 10.2. The number of hydrogen-bond donors (Lipinski definition) is 1. The van der Waals surface area contributed by atoms with E-state index in [1.807, 2.05) is 24.3 Å². The fraction of sp³-hybridized carbons (Fsp3) is 0.0833. The van der Waals surface area contributed by atoms with E-state index in [9.17, 15) is 4.79 Å².